The number of carbonyl (C=O) groups excluding carboxylic acids is 1. The summed E-state index contributed by atoms with van der Waals surface area (Å²) >= 11 is 6.24. The first kappa shape index (κ1) is 14.6. The normalized spacial score (nSPS) is 12.4. The van der Waals surface area contributed by atoms with E-state index >= 15 is 0 Å². The molecule has 2 nitrogen and oxygen atoms in total. The minimum absolute atomic E-state index is 0.0537. The van der Waals surface area contributed by atoms with Crippen LogP contribution in [0.4, 0.5) is 8.78 Å². The summed E-state index contributed by atoms with van der Waals surface area (Å²) < 4.78 is 27.3. The molecule has 1 unspecified atom stereocenters. The van der Waals surface area contributed by atoms with E-state index < -0.39 is 23.1 Å². The maximum atomic E-state index is 13.5. The Morgan fingerprint density at radius 1 is 1.41 bits per heavy atom. The smallest absolute Gasteiger partial charge is 0.259 e. The fourth-order valence-corrected chi connectivity index (χ4v) is 2.23. The van der Waals surface area contributed by atoms with Crippen molar-refractivity contribution in [1.82, 2.24) is 4.90 Å². The molecule has 0 bridgehead atoms. The number of alkyl halides is 1. The molecule has 1 amide bonds. The zero-order chi connectivity index (χ0) is 13.2. The Bertz CT molecular complexity index is 414. The number of rotatable bonds is 3. The van der Waals surface area contributed by atoms with Crippen LogP contribution in [0.25, 0.3) is 0 Å². The van der Waals surface area contributed by atoms with Gasteiger partial charge in [-0.15, -0.1) is 0 Å². The van der Waals surface area contributed by atoms with E-state index in [1.54, 1.807) is 0 Å². The van der Waals surface area contributed by atoms with E-state index in [2.05, 4.69) is 31.9 Å². The molecule has 0 saturated heterocycles. The first-order chi connectivity index (χ1) is 7.82. The average Bonchev–Trinajstić information content (AvgIpc) is 2.14. The number of amides is 1. The van der Waals surface area contributed by atoms with E-state index in [9.17, 15) is 13.6 Å². The number of benzene rings is 1. The molecular formula is C11H11Br2F2NO. The lowest BCUT2D eigenvalue weighted by Crippen LogP contribution is -2.32. The van der Waals surface area contributed by atoms with Crippen molar-refractivity contribution in [2.24, 2.45) is 0 Å². The molecule has 1 atom stereocenters. The second-order valence-corrected chi connectivity index (χ2v) is 6.19. The average molecular weight is 371 g/mol. The van der Waals surface area contributed by atoms with Crippen LogP contribution in [-0.4, -0.2) is 29.2 Å². The molecule has 0 aliphatic heterocycles. The van der Waals surface area contributed by atoms with Crippen molar-refractivity contribution in [3.05, 3.63) is 33.8 Å². The summed E-state index contributed by atoms with van der Waals surface area (Å²) in [6.45, 7) is 2.21. The third kappa shape index (κ3) is 3.74. The van der Waals surface area contributed by atoms with Gasteiger partial charge < -0.3 is 4.90 Å². The Hall–Kier alpha value is -0.490. The standard InChI is InChI=1S/C11H11Br2F2NO/c1-6(12)5-16(2)11(17)10-8(14)3-7(13)4-9(10)15/h3-4,6H,5H2,1-2H3. The molecule has 0 fully saturated rings. The van der Waals surface area contributed by atoms with Crippen LogP contribution in [0.15, 0.2) is 16.6 Å². The monoisotopic (exact) mass is 369 g/mol. The van der Waals surface area contributed by atoms with Gasteiger partial charge in [0, 0.05) is 22.9 Å². The number of hydrogen-bond acceptors (Lipinski definition) is 1. The zero-order valence-corrected chi connectivity index (χ0v) is 12.5. The predicted molar refractivity (Wildman–Crippen MR) is 69.4 cm³/mol. The Labute approximate surface area is 115 Å². The number of halogens is 4. The summed E-state index contributed by atoms with van der Waals surface area (Å²) in [5, 5.41) is 0. The summed E-state index contributed by atoms with van der Waals surface area (Å²) in [7, 11) is 1.50. The summed E-state index contributed by atoms with van der Waals surface area (Å²) in [5.41, 5.74) is -0.524. The summed E-state index contributed by atoms with van der Waals surface area (Å²) in [5.74, 6) is -2.40. The van der Waals surface area contributed by atoms with Gasteiger partial charge in [-0.3, -0.25) is 4.79 Å². The topological polar surface area (TPSA) is 20.3 Å². The summed E-state index contributed by atoms with van der Waals surface area (Å²) in [4.78, 5) is 13.2. The molecule has 0 aromatic heterocycles. The van der Waals surface area contributed by atoms with E-state index in [4.69, 9.17) is 0 Å². The van der Waals surface area contributed by atoms with Gasteiger partial charge in [-0.2, -0.15) is 0 Å². The number of carbonyl (C=O) groups is 1. The van der Waals surface area contributed by atoms with Gasteiger partial charge in [0.1, 0.15) is 17.2 Å². The van der Waals surface area contributed by atoms with E-state index in [0.29, 0.717) is 6.54 Å². The second-order valence-electron chi connectivity index (χ2n) is 3.71. The van der Waals surface area contributed by atoms with Gasteiger partial charge in [0.2, 0.25) is 0 Å². The molecular weight excluding hydrogens is 360 g/mol. The predicted octanol–water partition coefficient (Wildman–Crippen LogP) is 3.58. The van der Waals surface area contributed by atoms with Gasteiger partial charge in [-0.05, 0) is 12.1 Å². The van der Waals surface area contributed by atoms with E-state index in [-0.39, 0.29) is 9.30 Å². The van der Waals surface area contributed by atoms with Gasteiger partial charge in [0.25, 0.3) is 5.91 Å². The van der Waals surface area contributed by atoms with Crippen LogP contribution in [-0.2, 0) is 0 Å². The molecule has 1 aromatic carbocycles. The van der Waals surface area contributed by atoms with Crippen LogP contribution in [0, 0.1) is 11.6 Å². The molecule has 0 spiro atoms. The van der Waals surface area contributed by atoms with Gasteiger partial charge in [-0.1, -0.05) is 38.8 Å². The van der Waals surface area contributed by atoms with E-state index in [1.165, 1.54) is 11.9 Å². The van der Waals surface area contributed by atoms with Crippen LogP contribution < -0.4 is 0 Å². The Morgan fingerprint density at radius 3 is 2.29 bits per heavy atom. The highest BCUT2D eigenvalue weighted by Crippen LogP contribution is 2.20. The van der Waals surface area contributed by atoms with Gasteiger partial charge in [0.05, 0.1) is 0 Å². The minimum Gasteiger partial charge on any atom is -0.340 e. The van der Waals surface area contributed by atoms with E-state index in [1.807, 2.05) is 6.92 Å². The van der Waals surface area contributed by atoms with Crippen molar-refractivity contribution in [2.45, 2.75) is 11.8 Å². The van der Waals surface area contributed by atoms with Crippen LogP contribution >= 0.6 is 31.9 Å². The molecule has 0 aliphatic rings. The fraction of sp³-hybridized carbons (Fsp3) is 0.364. The Balaban J connectivity index is 3.04. The fourth-order valence-electron chi connectivity index (χ4n) is 1.40. The maximum Gasteiger partial charge on any atom is 0.259 e. The van der Waals surface area contributed by atoms with Crippen LogP contribution in [0.3, 0.4) is 0 Å². The van der Waals surface area contributed by atoms with Crippen LogP contribution in [0.1, 0.15) is 17.3 Å². The molecule has 0 radical (unpaired) electrons. The Morgan fingerprint density at radius 2 is 1.88 bits per heavy atom. The third-order valence-electron chi connectivity index (χ3n) is 2.09. The van der Waals surface area contributed by atoms with Gasteiger partial charge >= 0.3 is 0 Å². The molecule has 0 aliphatic carbocycles. The molecule has 1 rings (SSSR count). The Kier molecular flexibility index (Phi) is 5.06. The van der Waals surface area contributed by atoms with Crippen molar-refractivity contribution in [1.29, 1.82) is 0 Å². The van der Waals surface area contributed by atoms with Gasteiger partial charge in [-0.25, -0.2) is 8.78 Å². The summed E-state index contributed by atoms with van der Waals surface area (Å²) in [6, 6.07) is 2.14. The zero-order valence-electron chi connectivity index (χ0n) is 9.31. The van der Waals surface area contributed by atoms with Crippen molar-refractivity contribution in [3.8, 4) is 0 Å². The molecule has 0 N–H and O–H groups in total. The first-order valence-electron chi connectivity index (χ1n) is 4.87. The van der Waals surface area contributed by atoms with E-state index in [0.717, 1.165) is 12.1 Å². The lowest BCUT2D eigenvalue weighted by molar-refractivity contribution is 0.0787. The third-order valence-corrected chi connectivity index (χ3v) is 2.84. The molecule has 0 saturated carbocycles. The minimum atomic E-state index is -0.865. The highest BCUT2D eigenvalue weighted by molar-refractivity contribution is 9.10. The lowest BCUT2D eigenvalue weighted by atomic mass is 10.1. The van der Waals surface area contributed by atoms with Crippen LogP contribution in [0.5, 0.6) is 0 Å². The number of hydrogen-bond donors (Lipinski definition) is 0. The molecule has 17 heavy (non-hydrogen) atoms. The maximum absolute atomic E-state index is 13.5. The molecule has 1 aromatic rings. The number of nitrogens with zero attached hydrogens (tertiary/aromatic N) is 1. The second kappa shape index (κ2) is 5.91. The molecule has 6 heteroatoms. The first-order valence-corrected chi connectivity index (χ1v) is 6.58. The molecule has 0 heterocycles. The van der Waals surface area contributed by atoms with Gasteiger partial charge in [0.15, 0.2) is 0 Å². The van der Waals surface area contributed by atoms with Crippen molar-refractivity contribution >= 4 is 37.8 Å². The highest BCUT2D eigenvalue weighted by Gasteiger charge is 2.22. The SMILES string of the molecule is CC(Br)CN(C)C(=O)c1c(F)cc(Br)cc1F. The highest BCUT2D eigenvalue weighted by atomic mass is 79.9. The van der Waals surface area contributed by atoms with Crippen LogP contribution in [0.2, 0.25) is 0 Å². The quantitative estimate of drug-likeness (QED) is 0.744. The van der Waals surface area contributed by atoms with Crippen molar-refractivity contribution in [3.63, 3.8) is 0 Å². The largest absolute Gasteiger partial charge is 0.340 e. The van der Waals surface area contributed by atoms with Crippen molar-refractivity contribution in [2.75, 3.05) is 13.6 Å². The molecule has 94 valence electrons. The van der Waals surface area contributed by atoms with Crippen molar-refractivity contribution < 1.29 is 13.6 Å². The summed E-state index contributed by atoms with van der Waals surface area (Å²) in [6.07, 6.45) is 0. The lowest BCUT2D eigenvalue weighted by Gasteiger charge is -2.19.